The lowest BCUT2D eigenvalue weighted by Crippen LogP contribution is -2.50. The van der Waals surface area contributed by atoms with Crippen LogP contribution in [0.15, 0.2) is 35.3 Å². The van der Waals surface area contributed by atoms with E-state index < -0.39 is 0 Å². The molecule has 150 valence electrons. The van der Waals surface area contributed by atoms with E-state index in [-0.39, 0.29) is 17.6 Å². The number of pyridine rings is 1. The number of hydrogen-bond donors (Lipinski definition) is 0. The van der Waals surface area contributed by atoms with Crippen LogP contribution in [0.1, 0.15) is 17.3 Å². The molecule has 8 heteroatoms. The Balaban J connectivity index is 1.86. The molecule has 0 radical (unpaired) electrons. The molecule has 8 nitrogen and oxygen atoms in total. The lowest BCUT2D eigenvalue weighted by atomic mass is 10.1. The van der Waals surface area contributed by atoms with Crippen LogP contribution in [-0.2, 0) is 16.0 Å². The fourth-order valence-electron chi connectivity index (χ4n) is 3.35. The lowest BCUT2D eigenvalue weighted by molar-refractivity contribution is 0.0571. The van der Waals surface area contributed by atoms with Gasteiger partial charge in [-0.3, -0.25) is 9.59 Å². The molecule has 0 unspecified atom stereocenters. The fourth-order valence-corrected chi connectivity index (χ4v) is 3.35. The van der Waals surface area contributed by atoms with Crippen LogP contribution >= 0.6 is 0 Å². The highest BCUT2D eigenvalue weighted by molar-refractivity contribution is 6.06. The van der Waals surface area contributed by atoms with Gasteiger partial charge in [0.25, 0.3) is 11.5 Å². The number of methoxy groups -OCH3 is 1. The molecule has 1 aromatic heterocycles. The third-order valence-corrected chi connectivity index (χ3v) is 4.85. The number of piperazine rings is 1. The second-order valence-corrected chi connectivity index (χ2v) is 6.56. The molecule has 1 aliphatic heterocycles. The normalized spacial score (nSPS) is 14.4. The Hall–Kier alpha value is -2.87. The predicted octanol–water partition coefficient (Wildman–Crippen LogP) is 1.56. The minimum Gasteiger partial charge on any atom is -0.450 e. The number of ether oxygens (including phenoxy) is 2. The van der Waals surface area contributed by atoms with Crippen LogP contribution in [0.4, 0.5) is 4.79 Å². The predicted molar refractivity (Wildman–Crippen MR) is 105 cm³/mol. The second kappa shape index (κ2) is 8.88. The van der Waals surface area contributed by atoms with E-state index in [1.807, 2.05) is 6.07 Å². The number of benzene rings is 1. The van der Waals surface area contributed by atoms with Gasteiger partial charge in [-0.1, -0.05) is 18.2 Å². The third kappa shape index (κ3) is 4.01. The van der Waals surface area contributed by atoms with Gasteiger partial charge >= 0.3 is 6.09 Å². The average Bonchev–Trinajstić information content (AvgIpc) is 2.73. The first kappa shape index (κ1) is 19.9. The van der Waals surface area contributed by atoms with Crippen molar-refractivity contribution in [3.05, 3.63) is 46.4 Å². The van der Waals surface area contributed by atoms with Gasteiger partial charge in [-0.2, -0.15) is 0 Å². The van der Waals surface area contributed by atoms with Gasteiger partial charge in [0.05, 0.1) is 18.8 Å². The van der Waals surface area contributed by atoms with Crippen molar-refractivity contribution in [2.45, 2.75) is 13.5 Å². The number of fused-ring (bicyclic) bond motifs is 1. The second-order valence-electron chi connectivity index (χ2n) is 6.56. The van der Waals surface area contributed by atoms with Crippen molar-refractivity contribution < 1.29 is 19.1 Å². The molecule has 0 saturated carbocycles. The van der Waals surface area contributed by atoms with E-state index in [9.17, 15) is 14.4 Å². The van der Waals surface area contributed by atoms with Gasteiger partial charge in [0.15, 0.2) is 0 Å². The highest BCUT2D eigenvalue weighted by Crippen LogP contribution is 2.18. The molecule has 0 atom stereocenters. The topological polar surface area (TPSA) is 81.1 Å². The molecule has 2 amide bonds. The van der Waals surface area contributed by atoms with Crippen LogP contribution in [0, 0.1) is 0 Å². The fraction of sp³-hybridized carbons (Fsp3) is 0.450. The molecule has 2 aromatic rings. The molecule has 0 N–H and O–H groups in total. The van der Waals surface area contributed by atoms with Crippen molar-refractivity contribution in [1.29, 1.82) is 0 Å². The SMILES string of the molecule is CCOC(=O)N1CCN(C(=O)c2cn(CCOC)c(=O)c3ccccc23)CC1. The van der Waals surface area contributed by atoms with Crippen molar-refractivity contribution in [2.24, 2.45) is 0 Å². The zero-order valence-corrected chi connectivity index (χ0v) is 16.2. The van der Waals surface area contributed by atoms with Crippen LogP contribution in [0.2, 0.25) is 0 Å². The molecular formula is C20H25N3O5. The van der Waals surface area contributed by atoms with Crippen LogP contribution < -0.4 is 5.56 Å². The maximum atomic E-state index is 13.2. The van der Waals surface area contributed by atoms with E-state index in [1.165, 1.54) is 4.57 Å². The quantitative estimate of drug-likeness (QED) is 0.778. The van der Waals surface area contributed by atoms with Crippen molar-refractivity contribution in [1.82, 2.24) is 14.4 Å². The zero-order chi connectivity index (χ0) is 20.1. The van der Waals surface area contributed by atoms with Crippen LogP contribution in [0.3, 0.4) is 0 Å². The molecule has 2 heterocycles. The largest absolute Gasteiger partial charge is 0.450 e. The van der Waals surface area contributed by atoms with Gasteiger partial charge in [-0.05, 0) is 13.0 Å². The zero-order valence-electron chi connectivity index (χ0n) is 16.2. The minimum absolute atomic E-state index is 0.142. The van der Waals surface area contributed by atoms with Crippen molar-refractivity contribution in [2.75, 3.05) is 46.5 Å². The summed E-state index contributed by atoms with van der Waals surface area (Å²) in [6.45, 7) is 4.53. The molecule has 0 aliphatic carbocycles. The number of nitrogens with zero attached hydrogens (tertiary/aromatic N) is 3. The number of hydrogen-bond acceptors (Lipinski definition) is 5. The summed E-state index contributed by atoms with van der Waals surface area (Å²) in [5, 5.41) is 1.15. The maximum absolute atomic E-state index is 13.2. The Kier molecular flexibility index (Phi) is 6.30. The highest BCUT2D eigenvalue weighted by atomic mass is 16.6. The lowest BCUT2D eigenvalue weighted by Gasteiger charge is -2.34. The monoisotopic (exact) mass is 387 g/mol. The molecule has 1 aliphatic rings. The number of rotatable bonds is 5. The van der Waals surface area contributed by atoms with Gasteiger partial charge in [-0.25, -0.2) is 4.79 Å². The van der Waals surface area contributed by atoms with Crippen LogP contribution in [0.25, 0.3) is 10.8 Å². The van der Waals surface area contributed by atoms with Gasteiger partial charge in [0, 0.05) is 56.8 Å². The summed E-state index contributed by atoms with van der Waals surface area (Å²) in [5.41, 5.74) is 0.340. The summed E-state index contributed by atoms with van der Waals surface area (Å²) in [5.74, 6) is -0.147. The Labute approximate surface area is 163 Å². The van der Waals surface area contributed by atoms with Gasteiger partial charge in [0.2, 0.25) is 0 Å². The first-order valence-electron chi connectivity index (χ1n) is 9.39. The summed E-state index contributed by atoms with van der Waals surface area (Å²) in [7, 11) is 1.57. The summed E-state index contributed by atoms with van der Waals surface area (Å²) < 4.78 is 11.6. The molecule has 1 aromatic carbocycles. The van der Waals surface area contributed by atoms with Gasteiger partial charge < -0.3 is 23.8 Å². The molecule has 0 spiro atoms. The molecule has 28 heavy (non-hydrogen) atoms. The van der Waals surface area contributed by atoms with E-state index in [0.29, 0.717) is 62.3 Å². The van der Waals surface area contributed by atoms with Crippen molar-refractivity contribution in [3.63, 3.8) is 0 Å². The smallest absolute Gasteiger partial charge is 0.409 e. The first-order chi connectivity index (χ1) is 13.6. The standard InChI is InChI=1S/C20H25N3O5/c1-3-28-20(26)22-10-8-21(9-11-22)19(25)17-14-23(12-13-27-2)18(24)16-7-5-4-6-15(16)17/h4-7,14H,3,8-13H2,1-2H3. The van der Waals surface area contributed by atoms with E-state index in [4.69, 9.17) is 9.47 Å². The van der Waals surface area contributed by atoms with Gasteiger partial charge in [-0.15, -0.1) is 0 Å². The average molecular weight is 387 g/mol. The molecule has 0 bridgehead atoms. The van der Waals surface area contributed by atoms with E-state index >= 15 is 0 Å². The Bertz CT molecular complexity index is 916. The summed E-state index contributed by atoms with van der Waals surface area (Å²) in [4.78, 5) is 41.1. The molecule has 1 saturated heterocycles. The first-order valence-corrected chi connectivity index (χ1v) is 9.39. The Morgan fingerprint density at radius 1 is 1.04 bits per heavy atom. The van der Waals surface area contributed by atoms with Crippen molar-refractivity contribution >= 4 is 22.8 Å². The summed E-state index contributed by atoms with van der Waals surface area (Å²) >= 11 is 0. The Morgan fingerprint density at radius 3 is 2.32 bits per heavy atom. The number of aromatic nitrogens is 1. The molecule has 1 fully saturated rings. The van der Waals surface area contributed by atoms with E-state index in [1.54, 1.807) is 48.2 Å². The number of carbonyl (C=O) groups excluding carboxylic acids is 2. The van der Waals surface area contributed by atoms with Crippen LogP contribution in [-0.4, -0.2) is 72.9 Å². The highest BCUT2D eigenvalue weighted by Gasteiger charge is 2.27. The molecular weight excluding hydrogens is 362 g/mol. The summed E-state index contributed by atoms with van der Waals surface area (Å²) in [6.07, 6.45) is 1.26. The number of amides is 2. The number of carbonyl (C=O) groups is 2. The van der Waals surface area contributed by atoms with E-state index in [0.717, 1.165) is 0 Å². The summed E-state index contributed by atoms with van der Waals surface area (Å²) in [6, 6.07) is 7.13. The van der Waals surface area contributed by atoms with E-state index in [2.05, 4.69) is 0 Å². The molecule has 3 rings (SSSR count). The third-order valence-electron chi connectivity index (χ3n) is 4.85. The van der Waals surface area contributed by atoms with Crippen LogP contribution in [0.5, 0.6) is 0 Å². The van der Waals surface area contributed by atoms with Crippen molar-refractivity contribution in [3.8, 4) is 0 Å². The maximum Gasteiger partial charge on any atom is 0.409 e. The minimum atomic E-state index is -0.354. The van der Waals surface area contributed by atoms with Gasteiger partial charge in [0.1, 0.15) is 0 Å². The Morgan fingerprint density at radius 2 is 1.68 bits per heavy atom.